The summed E-state index contributed by atoms with van der Waals surface area (Å²) in [5.41, 5.74) is 0. The summed E-state index contributed by atoms with van der Waals surface area (Å²) in [6.07, 6.45) is 2.72. The first-order valence-corrected chi connectivity index (χ1v) is 5.95. The summed E-state index contributed by atoms with van der Waals surface area (Å²) < 4.78 is 10.8. The Bertz CT molecular complexity index is 227. The van der Waals surface area contributed by atoms with Crippen molar-refractivity contribution >= 4 is 5.78 Å². The Hall–Kier alpha value is -0.410. The van der Waals surface area contributed by atoms with Crippen LogP contribution < -0.4 is 0 Å². The van der Waals surface area contributed by atoms with Crippen LogP contribution in [0.5, 0.6) is 0 Å². The van der Waals surface area contributed by atoms with E-state index >= 15 is 0 Å². The van der Waals surface area contributed by atoms with E-state index in [4.69, 9.17) is 9.47 Å². The normalized spacial score (nSPS) is 37.9. The van der Waals surface area contributed by atoms with Crippen LogP contribution in [-0.2, 0) is 14.3 Å². The van der Waals surface area contributed by atoms with E-state index in [0.29, 0.717) is 37.3 Å². The van der Waals surface area contributed by atoms with E-state index in [2.05, 4.69) is 6.92 Å². The minimum Gasteiger partial charge on any atom is -0.381 e. The molecule has 0 aromatic rings. The summed E-state index contributed by atoms with van der Waals surface area (Å²) >= 11 is 0. The van der Waals surface area contributed by atoms with Crippen LogP contribution in [0.15, 0.2) is 0 Å². The second-order valence-corrected chi connectivity index (χ2v) is 4.82. The molecule has 2 aliphatic rings. The van der Waals surface area contributed by atoms with Crippen molar-refractivity contribution in [2.45, 2.75) is 26.2 Å². The summed E-state index contributed by atoms with van der Waals surface area (Å²) in [4.78, 5) is 11.7. The number of carbonyl (C=O) groups is 1. The molecule has 0 aliphatic carbocycles. The van der Waals surface area contributed by atoms with Gasteiger partial charge in [0.25, 0.3) is 0 Å². The Balaban J connectivity index is 1.86. The van der Waals surface area contributed by atoms with Gasteiger partial charge in [-0.2, -0.15) is 0 Å². The Morgan fingerprint density at radius 1 is 1.27 bits per heavy atom. The fourth-order valence-electron chi connectivity index (χ4n) is 2.54. The first kappa shape index (κ1) is 11.1. The van der Waals surface area contributed by atoms with Crippen molar-refractivity contribution in [3.05, 3.63) is 0 Å². The average molecular weight is 212 g/mol. The number of rotatable bonds is 2. The van der Waals surface area contributed by atoms with Gasteiger partial charge in [0.15, 0.2) is 0 Å². The highest BCUT2D eigenvalue weighted by molar-refractivity contribution is 5.81. The van der Waals surface area contributed by atoms with Gasteiger partial charge in [0, 0.05) is 25.6 Å². The molecule has 2 rings (SSSR count). The highest BCUT2D eigenvalue weighted by Crippen LogP contribution is 2.29. The fourth-order valence-corrected chi connectivity index (χ4v) is 2.54. The lowest BCUT2D eigenvalue weighted by Crippen LogP contribution is -2.33. The average Bonchev–Trinajstić information content (AvgIpc) is 2.24. The van der Waals surface area contributed by atoms with Gasteiger partial charge in [-0.1, -0.05) is 6.92 Å². The van der Waals surface area contributed by atoms with Gasteiger partial charge in [-0.15, -0.1) is 0 Å². The molecule has 3 atom stereocenters. The van der Waals surface area contributed by atoms with Crippen molar-refractivity contribution in [3.63, 3.8) is 0 Å². The number of hydrogen-bond acceptors (Lipinski definition) is 3. The summed E-state index contributed by atoms with van der Waals surface area (Å²) in [6, 6.07) is 0. The van der Waals surface area contributed by atoms with E-state index in [-0.39, 0.29) is 5.92 Å². The molecule has 0 saturated carbocycles. The minimum absolute atomic E-state index is 0.157. The van der Waals surface area contributed by atoms with Crippen molar-refractivity contribution in [1.29, 1.82) is 0 Å². The molecule has 2 saturated heterocycles. The SMILES string of the molecule is CC1COCCC1CC1COCCC1=O. The Morgan fingerprint density at radius 3 is 2.80 bits per heavy atom. The van der Waals surface area contributed by atoms with Crippen LogP contribution in [0.3, 0.4) is 0 Å². The summed E-state index contributed by atoms with van der Waals surface area (Å²) in [5.74, 6) is 1.80. The third-order valence-corrected chi connectivity index (χ3v) is 3.67. The van der Waals surface area contributed by atoms with Crippen LogP contribution in [0, 0.1) is 17.8 Å². The molecule has 86 valence electrons. The molecule has 2 heterocycles. The van der Waals surface area contributed by atoms with Crippen LogP contribution in [0.4, 0.5) is 0 Å². The Labute approximate surface area is 91.1 Å². The highest BCUT2D eigenvalue weighted by atomic mass is 16.5. The molecule has 15 heavy (non-hydrogen) atoms. The third-order valence-electron chi connectivity index (χ3n) is 3.67. The van der Waals surface area contributed by atoms with Crippen LogP contribution in [-0.4, -0.2) is 32.2 Å². The van der Waals surface area contributed by atoms with Gasteiger partial charge in [-0.3, -0.25) is 4.79 Å². The molecule has 0 spiro atoms. The minimum atomic E-state index is 0.157. The second-order valence-electron chi connectivity index (χ2n) is 4.82. The molecule has 2 aliphatic heterocycles. The van der Waals surface area contributed by atoms with Gasteiger partial charge >= 0.3 is 0 Å². The number of carbonyl (C=O) groups excluding carboxylic acids is 1. The van der Waals surface area contributed by atoms with E-state index in [0.717, 1.165) is 26.1 Å². The van der Waals surface area contributed by atoms with E-state index < -0.39 is 0 Å². The van der Waals surface area contributed by atoms with Crippen LogP contribution >= 0.6 is 0 Å². The zero-order chi connectivity index (χ0) is 10.7. The Morgan fingerprint density at radius 2 is 2.07 bits per heavy atom. The number of ketones is 1. The van der Waals surface area contributed by atoms with E-state index in [9.17, 15) is 4.79 Å². The number of Topliss-reactive ketones (excluding diaryl/α,β-unsaturated/α-hetero) is 1. The van der Waals surface area contributed by atoms with Crippen LogP contribution in [0.1, 0.15) is 26.2 Å². The van der Waals surface area contributed by atoms with E-state index in [1.54, 1.807) is 0 Å². The lowest BCUT2D eigenvalue weighted by Gasteiger charge is -2.32. The molecule has 3 unspecified atom stereocenters. The molecule has 3 nitrogen and oxygen atoms in total. The van der Waals surface area contributed by atoms with Gasteiger partial charge < -0.3 is 9.47 Å². The maximum atomic E-state index is 11.7. The van der Waals surface area contributed by atoms with Crippen molar-refractivity contribution in [3.8, 4) is 0 Å². The van der Waals surface area contributed by atoms with Crippen molar-refractivity contribution in [2.24, 2.45) is 17.8 Å². The molecular formula is C12H20O3. The molecule has 0 amide bonds. The molecular weight excluding hydrogens is 192 g/mol. The van der Waals surface area contributed by atoms with E-state index in [1.807, 2.05) is 0 Å². The maximum Gasteiger partial charge on any atom is 0.140 e. The quantitative estimate of drug-likeness (QED) is 0.698. The zero-order valence-electron chi connectivity index (χ0n) is 9.41. The van der Waals surface area contributed by atoms with Crippen LogP contribution in [0.2, 0.25) is 0 Å². The second kappa shape index (κ2) is 5.08. The van der Waals surface area contributed by atoms with Crippen molar-refractivity contribution in [2.75, 3.05) is 26.4 Å². The van der Waals surface area contributed by atoms with E-state index in [1.165, 1.54) is 0 Å². The molecule has 0 aromatic carbocycles. The predicted molar refractivity (Wildman–Crippen MR) is 56.6 cm³/mol. The molecule has 2 fully saturated rings. The van der Waals surface area contributed by atoms with Gasteiger partial charge in [0.1, 0.15) is 5.78 Å². The number of ether oxygens (including phenoxy) is 2. The largest absolute Gasteiger partial charge is 0.381 e. The first-order valence-electron chi connectivity index (χ1n) is 5.95. The molecule has 0 aromatic heterocycles. The molecule has 0 N–H and O–H groups in total. The lowest BCUT2D eigenvalue weighted by molar-refractivity contribution is -0.132. The van der Waals surface area contributed by atoms with Crippen molar-refractivity contribution in [1.82, 2.24) is 0 Å². The van der Waals surface area contributed by atoms with Gasteiger partial charge in [0.2, 0.25) is 0 Å². The fraction of sp³-hybridized carbons (Fsp3) is 0.917. The predicted octanol–water partition coefficient (Wildman–Crippen LogP) is 1.65. The molecule has 3 heteroatoms. The third kappa shape index (κ3) is 2.79. The monoisotopic (exact) mass is 212 g/mol. The summed E-state index contributed by atoms with van der Waals surface area (Å²) in [5, 5.41) is 0. The molecule has 0 radical (unpaired) electrons. The van der Waals surface area contributed by atoms with Gasteiger partial charge in [-0.05, 0) is 24.7 Å². The highest BCUT2D eigenvalue weighted by Gasteiger charge is 2.30. The van der Waals surface area contributed by atoms with Gasteiger partial charge in [0.05, 0.1) is 13.2 Å². The van der Waals surface area contributed by atoms with Crippen LogP contribution in [0.25, 0.3) is 0 Å². The first-order chi connectivity index (χ1) is 7.27. The number of hydrogen-bond donors (Lipinski definition) is 0. The van der Waals surface area contributed by atoms with Gasteiger partial charge in [-0.25, -0.2) is 0 Å². The summed E-state index contributed by atoms with van der Waals surface area (Å²) in [7, 11) is 0. The standard InChI is InChI=1S/C12H20O3/c1-9-7-14-4-2-10(9)6-11-8-15-5-3-12(11)13/h9-11H,2-8H2,1H3. The topological polar surface area (TPSA) is 35.5 Å². The molecule has 0 bridgehead atoms. The smallest absolute Gasteiger partial charge is 0.140 e. The summed E-state index contributed by atoms with van der Waals surface area (Å²) in [6.45, 7) is 5.20. The zero-order valence-corrected chi connectivity index (χ0v) is 9.41. The van der Waals surface area contributed by atoms with Crippen molar-refractivity contribution < 1.29 is 14.3 Å². The lowest BCUT2D eigenvalue weighted by atomic mass is 9.80. The Kier molecular flexibility index (Phi) is 3.76. The maximum absolute atomic E-state index is 11.7.